The molecule has 0 atom stereocenters. The first kappa shape index (κ1) is 8.13. The normalized spacial score (nSPS) is 24.3. The molecule has 0 bridgehead atoms. The van der Waals surface area contributed by atoms with E-state index in [9.17, 15) is 0 Å². The molecule has 0 unspecified atom stereocenters. The van der Waals surface area contributed by atoms with Crippen LogP contribution in [0.3, 0.4) is 0 Å². The highest BCUT2D eigenvalue weighted by Crippen LogP contribution is 2.29. The SMILES string of the molecule is C1#CCCC(OCC2CC2)CC1. The fourth-order valence-electron chi connectivity index (χ4n) is 1.51. The van der Waals surface area contributed by atoms with Crippen LogP contribution in [0.25, 0.3) is 0 Å². The molecule has 0 N–H and O–H groups in total. The van der Waals surface area contributed by atoms with Gasteiger partial charge in [0.25, 0.3) is 0 Å². The number of ether oxygens (including phenoxy) is 1. The maximum atomic E-state index is 5.81. The summed E-state index contributed by atoms with van der Waals surface area (Å²) < 4.78 is 5.81. The van der Waals surface area contributed by atoms with Crippen molar-refractivity contribution in [3.8, 4) is 11.8 Å². The molecule has 2 aliphatic carbocycles. The van der Waals surface area contributed by atoms with Gasteiger partial charge < -0.3 is 4.74 Å². The summed E-state index contributed by atoms with van der Waals surface area (Å²) in [7, 11) is 0. The van der Waals surface area contributed by atoms with Crippen molar-refractivity contribution >= 4 is 0 Å². The highest BCUT2D eigenvalue weighted by Gasteiger charge is 2.23. The molecule has 1 fully saturated rings. The fraction of sp³-hybridized carbons (Fsp3) is 0.818. The monoisotopic (exact) mass is 164 g/mol. The van der Waals surface area contributed by atoms with E-state index in [2.05, 4.69) is 11.8 Å². The standard InChI is InChI=1S/C11H16O/c1-2-4-6-11(5-3-1)12-9-10-7-8-10/h10-11H,3-9H2. The minimum atomic E-state index is 0.494. The molecule has 2 rings (SSSR count). The lowest BCUT2D eigenvalue weighted by Gasteiger charge is -2.14. The molecular formula is C11H16O. The van der Waals surface area contributed by atoms with Crippen LogP contribution in [0.1, 0.15) is 38.5 Å². The molecular weight excluding hydrogens is 148 g/mol. The molecule has 12 heavy (non-hydrogen) atoms. The molecule has 0 aliphatic heterocycles. The van der Waals surface area contributed by atoms with Gasteiger partial charge in [-0.15, -0.1) is 11.8 Å². The van der Waals surface area contributed by atoms with E-state index in [1.807, 2.05) is 0 Å². The predicted octanol–water partition coefficient (Wildman–Crippen LogP) is 2.36. The Morgan fingerprint density at radius 1 is 1.00 bits per heavy atom. The summed E-state index contributed by atoms with van der Waals surface area (Å²) in [6, 6.07) is 0. The molecule has 0 aromatic carbocycles. The van der Waals surface area contributed by atoms with Crippen LogP contribution in [0.15, 0.2) is 0 Å². The van der Waals surface area contributed by atoms with Gasteiger partial charge in [-0.2, -0.15) is 0 Å². The van der Waals surface area contributed by atoms with Crippen LogP contribution in [-0.2, 0) is 4.74 Å². The third-order valence-corrected chi connectivity index (χ3v) is 2.57. The summed E-state index contributed by atoms with van der Waals surface area (Å²) >= 11 is 0. The smallest absolute Gasteiger partial charge is 0.0593 e. The second-order valence-corrected chi connectivity index (χ2v) is 3.83. The average Bonchev–Trinajstić information content (AvgIpc) is 2.90. The van der Waals surface area contributed by atoms with Gasteiger partial charge in [-0.05, 0) is 31.6 Å². The number of hydrogen-bond donors (Lipinski definition) is 0. The first-order chi connectivity index (χ1) is 5.95. The molecule has 0 aromatic rings. The van der Waals surface area contributed by atoms with Gasteiger partial charge in [-0.1, -0.05) is 0 Å². The number of hydrogen-bond acceptors (Lipinski definition) is 1. The quantitative estimate of drug-likeness (QED) is 0.582. The Labute approximate surface area is 74.5 Å². The summed E-state index contributed by atoms with van der Waals surface area (Å²) in [6.07, 6.45) is 7.66. The van der Waals surface area contributed by atoms with Crippen LogP contribution < -0.4 is 0 Å². The Morgan fingerprint density at radius 3 is 2.25 bits per heavy atom. The zero-order valence-electron chi connectivity index (χ0n) is 7.51. The summed E-state index contributed by atoms with van der Waals surface area (Å²) in [5.74, 6) is 7.20. The molecule has 1 saturated carbocycles. The lowest BCUT2D eigenvalue weighted by Crippen LogP contribution is -2.13. The molecule has 0 radical (unpaired) electrons. The van der Waals surface area contributed by atoms with E-state index in [0.29, 0.717) is 6.10 Å². The molecule has 0 spiro atoms. The third-order valence-electron chi connectivity index (χ3n) is 2.57. The minimum Gasteiger partial charge on any atom is -0.378 e. The van der Waals surface area contributed by atoms with Crippen molar-refractivity contribution in [3.63, 3.8) is 0 Å². The van der Waals surface area contributed by atoms with Crippen molar-refractivity contribution in [2.24, 2.45) is 5.92 Å². The van der Waals surface area contributed by atoms with Gasteiger partial charge in [0.1, 0.15) is 0 Å². The second kappa shape index (κ2) is 3.96. The van der Waals surface area contributed by atoms with Crippen LogP contribution >= 0.6 is 0 Å². The van der Waals surface area contributed by atoms with E-state index >= 15 is 0 Å². The molecule has 0 heterocycles. The van der Waals surface area contributed by atoms with Gasteiger partial charge in [-0.25, -0.2) is 0 Å². The molecule has 1 heteroatoms. The Balaban J connectivity index is 1.65. The van der Waals surface area contributed by atoms with Crippen LogP contribution in [0.4, 0.5) is 0 Å². The van der Waals surface area contributed by atoms with Crippen LogP contribution in [0.5, 0.6) is 0 Å². The van der Waals surface area contributed by atoms with Crippen molar-refractivity contribution in [2.45, 2.75) is 44.6 Å². The van der Waals surface area contributed by atoms with Gasteiger partial charge in [0.05, 0.1) is 6.10 Å². The molecule has 0 aromatic heterocycles. The Kier molecular flexibility index (Phi) is 2.68. The van der Waals surface area contributed by atoms with Crippen molar-refractivity contribution < 1.29 is 4.74 Å². The zero-order valence-corrected chi connectivity index (χ0v) is 7.51. The average molecular weight is 164 g/mol. The third kappa shape index (κ3) is 2.53. The minimum absolute atomic E-state index is 0.494. The summed E-state index contributed by atoms with van der Waals surface area (Å²) in [5.41, 5.74) is 0. The van der Waals surface area contributed by atoms with Crippen molar-refractivity contribution in [2.75, 3.05) is 6.61 Å². The van der Waals surface area contributed by atoms with Crippen molar-refractivity contribution in [1.82, 2.24) is 0 Å². The fourth-order valence-corrected chi connectivity index (χ4v) is 1.51. The van der Waals surface area contributed by atoms with Crippen LogP contribution in [0.2, 0.25) is 0 Å². The first-order valence-electron chi connectivity index (χ1n) is 5.02. The van der Waals surface area contributed by atoms with E-state index in [1.54, 1.807) is 0 Å². The van der Waals surface area contributed by atoms with Crippen molar-refractivity contribution in [3.05, 3.63) is 0 Å². The van der Waals surface area contributed by atoms with Gasteiger partial charge in [0.15, 0.2) is 0 Å². The van der Waals surface area contributed by atoms with E-state index in [0.717, 1.165) is 38.2 Å². The highest BCUT2D eigenvalue weighted by molar-refractivity contribution is 5.01. The van der Waals surface area contributed by atoms with E-state index < -0.39 is 0 Å². The summed E-state index contributed by atoms with van der Waals surface area (Å²) in [4.78, 5) is 0. The largest absolute Gasteiger partial charge is 0.378 e. The lowest BCUT2D eigenvalue weighted by atomic mass is 10.1. The topological polar surface area (TPSA) is 9.23 Å². The highest BCUT2D eigenvalue weighted by atomic mass is 16.5. The second-order valence-electron chi connectivity index (χ2n) is 3.83. The Hall–Kier alpha value is -0.480. The predicted molar refractivity (Wildman–Crippen MR) is 48.7 cm³/mol. The van der Waals surface area contributed by atoms with Crippen molar-refractivity contribution in [1.29, 1.82) is 0 Å². The molecule has 0 saturated heterocycles. The summed E-state index contributed by atoms with van der Waals surface area (Å²) in [5, 5.41) is 0. The van der Waals surface area contributed by atoms with Gasteiger partial charge in [0, 0.05) is 19.4 Å². The van der Waals surface area contributed by atoms with Crippen LogP contribution in [-0.4, -0.2) is 12.7 Å². The Morgan fingerprint density at radius 2 is 1.67 bits per heavy atom. The van der Waals surface area contributed by atoms with Gasteiger partial charge >= 0.3 is 0 Å². The lowest BCUT2D eigenvalue weighted by molar-refractivity contribution is 0.0376. The van der Waals surface area contributed by atoms with Gasteiger partial charge in [-0.3, -0.25) is 0 Å². The Bertz CT molecular complexity index is 183. The zero-order chi connectivity index (χ0) is 8.23. The molecule has 66 valence electrons. The maximum absolute atomic E-state index is 5.81. The first-order valence-corrected chi connectivity index (χ1v) is 5.02. The number of rotatable bonds is 3. The summed E-state index contributed by atoms with van der Waals surface area (Å²) in [6.45, 7) is 1.00. The molecule has 0 amide bonds. The van der Waals surface area contributed by atoms with E-state index in [1.165, 1.54) is 12.8 Å². The van der Waals surface area contributed by atoms with E-state index in [-0.39, 0.29) is 0 Å². The van der Waals surface area contributed by atoms with Gasteiger partial charge in [0.2, 0.25) is 0 Å². The van der Waals surface area contributed by atoms with Crippen LogP contribution in [0, 0.1) is 17.8 Å². The molecule has 1 nitrogen and oxygen atoms in total. The maximum Gasteiger partial charge on any atom is 0.0593 e. The van der Waals surface area contributed by atoms with E-state index in [4.69, 9.17) is 4.74 Å². The molecule has 2 aliphatic rings.